The van der Waals surface area contributed by atoms with Crippen LogP contribution in [0.25, 0.3) is 0 Å². The maximum absolute atomic E-state index is 12.1. The number of benzene rings is 1. The molecule has 0 unspecified atom stereocenters. The molecule has 1 aliphatic heterocycles. The molecule has 2 aromatic rings. The van der Waals surface area contributed by atoms with E-state index < -0.39 is 5.41 Å². The van der Waals surface area contributed by atoms with Crippen molar-refractivity contribution in [3.05, 3.63) is 29.3 Å². The number of amides is 2. The molecule has 0 spiro atoms. The summed E-state index contributed by atoms with van der Waals surface area (Å²) in [6, 6.07) is 5.05. The van der Waals surface area contributed by atoms with Gasteiger partial charge in [0.25, 0.3) is 11.9 Å². The Kier molecular flexibility index (Phi) is 2.53. The van der Waals surface area contributed by atoms with Gasteiger partial charge in [-0.15, -0.1) is 5.10 Å². The van der Waals surface area contributed by atoms with Crippen LogP contribution in [0.1, 0.15) is 29.8 Å². The van der Waals surface area contributed by atoms with Gasteiger partial charge in [-0.05, 0) is 42.8 Å². The molecule has 8 nitrogen and oxygen atoms in total. The van der Waals surface area contributed by atoms with Crippen molar-refractivity contribution in [2.75, 3.05) is 10.6 Å². The van der Waals surface area contributed by atoms with Gasteiger partial charge in [0, 0.05) is 11.3 Å². The average Bonchev–Trinajstić information content (AvgIpc) is 2.98. The number of anilines is 2. The van der Waals surface area contributed by atoms with Gasteiger partial charge in [-0.2, -0.15) is 5.21 Å². The monoisotopic (exact) mass is 272 g/mol. The molecule has 1 aliphatic rings. The van der Waals surface area contributed by atoms with Gasteiger partial charge in [-0.3, -0.25) is 14.9 Å². The predicted octanol–water partition coefficient (Wildman–Crippen LogP) is 0.682. The number of carbonyl (C=O) groups excluding carboxylic acids is 2. The first-order valence-corrected chi connectivity index (χ1v) is 5.99. The Balaban J connectivity index is 1.92. The van der Waals surface area contributed by atoms with Crippen LogP contribution in [0.5, 0.6) is 0 Å². The van der Waals surface area contributed by atoms with Crippen LogP contribution in [0.3, 0.4) is 0 Å². The molecule has 0 radical (unpaired) electrons. The number of hydrogen-bond acceptors (Lipinski definition) is 5. The number of nitrogens with one attached hydrogen (secondary N) is 3. The highest BCUT2D eigenvalue weighted by Crippen LogP contribution is 2.37. The van der Waals surface area contributed by atoms with E-state index in [1.54, 1.807) is 18.2 Å². The summed E-state index contributed by atoms with van der Waals surface area (Å²) in [6.45, 7) is 3.63. The summed E-state index contributed by atoms with van der Waals surface area (Å²) in [6.07, 6.45) is 0. The Morgan fingerprint density at radius 2 is 2.15 bits per heavy atom. The second kappa shape index (κ2) is 4.12. The number of nitrogens with zero attached hydrogens (tertiary/aromatic N) is 3. The van der Waals surface area contributed by atoms with Gasteiger partial charge in [0.1, 0.15) is 0 Å². The smallest absolute Gasteiger partial charge is 0.270 e. The molecule has 3 rings (SSSR count). The zero-order valence-electron chi connectivity index (χ0n) is 10.9. The molecule has 0 fully saturated rings. The van der Waals surface area contributed by atoms with Crippen molar-refractivity contribution in [2.24, 2.45) is 0 Å². The van der Waals surface area contributed by atoms with Crippen LogP contribution < -0.4 is 10.6 Å². The van der Waals surface area contributed by atoms with E-state index in [2.05, 4.69) is 31.3 Å². The third-order valence-corrected chi connectivity index (χ3v) is 3.34. The molecule has 0 atom stereocenters. The Hall–Kier alpha value is -2.77. The number of rotatable bonds is 2. The molecule has 3 N–H and O–H groups in total. The van der Waals surface area contributed by atoms with Crippen LogP contribution in [-0.2, 0) is 10.2 Å². The van der Waals surface area contributed by atoms with E-state index in [-0.39, 0.29) is 17.8 Å². The SMILES string of the molecule is CC1(C)C(=O)Nc2ccc(C(=O)Nc3nn[nH]n3)cc21. The lowest BCUT2D eigenvalue weighted by Gasteiger charge is -2.15. The lowest BCUT2D eigenvalue weighted by atomic mass is 9.85. The van der Waals surface area contributed by atoms with Gasteiger partial charge in [-0.1, -0.05) is 5.10 Å². The summed E-state index contributed by atoms with van der Waals surface area (Å²) in [5.41, 5.74) is 1.30. The van der Waals surface area contributed by atoms with Gasteiger partial charge in [0.05, 0.1) is 5.41 Å². The van der Waals surface area contributed by atoms with Gasteiger partial charge in [0.2, 0.25) is 5.91 Å². The first kappa shape index (κ1) is 12.3. The standard InChI is InChI=1S/C12H12N6O2/c1-12(2)7-5-6(3-4-8(7)13-10(12)20)9(19)14-11-15-17-18-16-11/h3-5H,1-2H3,(H,13,20)(H2,14,15,16,17,18,19). The number of tetrazole rings is 1. The van der Waals surface area contributed by atoms with Crippen molar-refractivity contribution in [1.82, 2.24) is 20.6 Å². The Morgan fingerprint density at radius 3 is 2.85 bits per heavy atom. The molecule has 102 valence electrons. The van der Waals surface area contributed by atoms with E-state index in [4.69, 9.17) is 0 Å². The highest BCUT2D eigenvalue weighted by atomic mass is 16.2. The summed E-state index contributed by atoms with van der Waals surface area (Å²) >= 11 is 0. The summed E-state index contributed by atoms with van der Waals surface area (Å²) in [5.74, 6) is -0.337. The molecule has 1 aromatic carbocycles. The highest BCUT2D eigenvalue weighted by molar-refractivity contribution is 6.08. The maximum Gasteiger partial charge on any atom is 0.270 e. The van der Waals surface area contributed by atoms with E-state index in [1.165, 1.54) is 0 Å². The normalized spacial score (nSPS) is 15.6. The van der Waals surface area contributed by atoms with E-state index in [0.29, 0.717) is 5.56 Å². The van der Waals surface area contributed by atoms with Crippen molar-refractivity contribution in [3.63, 3.8) is 0 Å². The largest absolute Gasteiger partial charge is 0.325 e. The van der Waals surface area contributed by atoms with Crippen molar-refractivity contribution >= 4 is 23.5 Å². The number of fused-ring (bicyclic) bond motifs is 1. The van der Waals surface area contributed by atoms with E-state index in [0.717, 1.165) is 11.3 Å². The van der Waals surface area contributed by atoms with Crippen molar-refractivity contribution < 1.29 is 9.59 Å². The number of H-pyrrole nitrogens is 1. The molecule has 2 heterocycles. The number of aromatic nitrogens is 4. The number of aromatic amines is 1. The lowest BCUT2D eigenvalue weighted by molar-refractivity contribution is -0.119. The van der Waals surface area contributed by atoms with Gasteiger partial charge in [0.15, 0.2) is 0 Å². The number of hydrogen-bond donors (Lipinski definition) is 3. The minimum Gasteiger partial charge on any atom is -0.325 e. The van der Waals surface area contributed by atoms with Crippen LogP contribution in [0.2, 0.25) is 0 Å². The Bertz CT molecular complexity index is 692. The van der Waals surface area contributed by atoms with Crippen molar-refractivity contribution in [3.8, 4) is 0 Å². The fraction of sp³-hybridized carbons (Fsp3) is 0.250. The lowest BCUT2D eigenvalue weighted by Crippen LogP contribution is -2.27. The van der Waals surface area contributed by atoms with Gasteiger partial charge >= 0.3 is 0 Å². The summed E-state index contributed by atoms with van der Waals surface area (Å²) in [4.78, 5) is 23.9. The van der Waals surface area contributed by atoms with Crippen molar-refractivity contribution in [1.29, 1.82) is 0 Å². The van der Waals surface area contributed by atoms with Gasteiger partial charge < -0.3 is 5.32 Å². The molecular weight excluding hydrogens is 260 g/mol. The molecule has 1 aromatic heterocycles. The molecule has 0 saturated heterocycles. The Labute approximate surface area is 114 Å². The summed E-state index contributed by atoms with van der Waals surface area (Å²) in [7, 11) is 0. The first-order chi connectivity index (χ1) is 9.48. The van der Waals surface area contributed by atoms with Crippen molar-refractivity contribution in [2.45, 2.75) is 19.3 Å². The topological polar surface area (TPSA) is 113 Å². The van der Waals surface area contributed by atoms with E-state index >= 15 is 0 Å². The molecule has 0 aliphatic carbocycles. The third kappa shape index (κ3) is 1.81. The Morgan fingerprint density at radius 1 is 1.35 bits per heavy atom. The second-order valence-corrected chi connectivity index (χ2v) is 5.03. The molecule has 0 bridgehead atoms. The molecule has 2 amide bonds. The molecule has 0 saturated carbocycles. The van der Waals surface area contributed by atoms with Crippen LogP contribution in [-0.4, -0.2) is 32.4 Å². The molecule has 8 heteroatoms. The highest BCUT2D eigenvalue weighted by Gasteiger charge is 2.38. The minimum absolute atomic E-state index is 0.0803. The predicted molar refractivity (Wildman–Crippen MR) is 70.2 cm³/mol. The third-order valence-electron chi connectivity index (χ3n) is 3.34. The second-order valence-electron chi connectivity index (χ2n) is 5.03. The summed E-state index contributed by atoms with van der Waals surface area (Å²) < 4.78 is 0. The number of carbonyl (C=O) groups is 2. The fourth-order valence-electron chi connectivity index (χ4n) is 2.10. The average molecular weight is 272 g/mol. The van der Waals surface area contributed by atoms with Crippen LogP contribution >= 0.6 is 0 Å². The van der Waals surface area contributed by atoms with Crippen LogP contribution in [0, 0.1) is 0 Å². The summed E-state index contributed by atoms with van der Waals surface area (Å²) in [5, 5.41) is 18.2. The first-order valence-electron chi connectivity index (χ1n) is 5.99. The van der Waals surface area contributed by atoms with Crippen LogP contribution in [0.15, 0.2) is 18.2 Å². The van der Waals surface area contributed by atoms with E-state index in [1.807, 2.05) is 13.8 Å². The zero-order valence-corrected chi connectivity index (χ0v) is 10.9. The molecular formula is C12H12N6O2. The fourth-order valence-corrected chi connectivity index (χ4v) is 2.10. The molecule has 20 heavy (non-hydrogen) atoms. The minimum atomic E-state index is -0.655. The van der Waals surface area contributed by atoms with Gasteiger partial charge in [-0.25, -0.2) is 0 Å². The maximum atomic E-state index is 12.1. The van der Waals surface area contributed by atoms with Crippen LogP contribution in [0.4, 0.5) is 11.6 Å². The quantitative estimate of drug-likeness (QED) is 0.744. The van der Waals surface area contributed by atoms with E-state index in [9.17, 15) is 9.59 Å². The zero-order chi connectivity index (χ0) is 14.3.